The molecule has 0 aliphatic carbocycles. The molecule has 128 valence electrons. The van der Waals surface area contributed by atoms with E-state index in [0.717, 1.165) is 21.4 Å². The van der Waals surface area contributed by atoms with E-state index in [9.17, 15) is 10.1 Å². The van der Waals surface area contributed by atoms with Crippen LogP contribution in [0.2, 0.25) is 0 Å². The summed E-state index contributed by atoms with van der Waals surface area (Å²) in [6.45, 7) is 1.53. The van der Waals surface area contributed by atoms with Crippen molar-refractivity contribution in [1.29, 1.82) is 5.26 Å². The summed E-state index contributed by atoms with van der Waals surface area (Å²) >= 11 is 4.88. The fourth-order valence-electron chi connectivity index (χ4n) is 2.28. The molecule has 1 aromatic heterocycles. The molecule has 2 aromatic carbocycles. The Labute approximate surface area is 164 Å². The van der Waals surface area contributed by atoms with Gasteiger partial charge in [0.2, 0.25) is 0 Å². The first-order valence-electron chi connectivity index (χ1n) is 7.76. The number of carbonyl (C=O) groups excluding carboxylic acids is 1. The molecule has 3 rings (SSSR count). The Kier molecular flexibility index (Phi) is 5.61. The number of hydrogen-bond acceptors (Lipinski definition) is 5. The van der Waals surface area contributed by atoms with Crippen LogP contribution in [-0.4, -0.2) is 10.8 Å². The molecular formula is C20H14BrN3OS. The number of allylic oxidation sites excluding steroid dienone is 1. The Morgan fingerprint density at radius 1 is 1.27 bits per heavy atom. The first-order chi connectivity index (χ1) is 12.6. The third kappa shape index (κ3) is 4.26. The largest absolute Gasteiger partial charge is 0.360 e. The zero-order valence-corrected chi connectivity index (χ0v) is 16.3. The normalized spacial score (nSPS) is 11.0. The summed E-state index contributed by atoms with van der Waals surface area (Å²) in [5.74, 6) is 0.0210. The van der Waals surface area contributed by atoms with Gasteiger partial charge in [-0.1, -0.05) is 28.1 Å². The van der Waals surface area contributed by atoms with E-state index in [1.807, 2.05) is 29.6 Å². The van der Waals surface area contributed by atoms with E-state index < -0.39 is 0 Å². The molecule has 3 aromatic rings. The van der Waals surface area contributed by atoms with Crippen LogP contribution in [0.1, 0.15) is 22.3 Å². The SMILES string of the molecule is CC(=O)c1ccc(N/C=C(\C#N)c2nc(-c3cccc(Br)c3)cs2)cc1. The van der Waals surface area contributed by atoms with Crippen molar-refractivity contribution < 1.29 is 4.79 Å². The van der Waals surface area contributed by atoms with Crippen molar-refractivity contribution in [3.05, 3.63) is 75.2 Å². The minimum absolute atomic E-state index is 0.0210. The van der Waals surface area contributed by atoms with Crippen molar-refractivity contribution in [3.8, 4) is 17.3 Å². The Morgan fingerprint density at radius 3 is 2.69 bits per heavy atom. The number of Topliss-reactive ketones (excluding diaryl/α,β-unsaturated/α-hetero) is 1. The van der Waals surface area contributed by atoms with Crippen LogP contribution >= 0.6 is 27.3 Å². The minimum atomic E-state index is 0.0210. The monoisotopic (exact) mass is 423 g/mol. The van der Waals surface area contributed by atoms with Crippen LogP contribution in [0, 0.1) is 11.3 Å². The van der Waals surface area contributed by atoms with Crippen molar-refractivity contribution >= 4 is 44.3 Å². The van der Waals surface area contributed by atoms with Gasteiger partial charge in [-0.3, -0.25) is 4.79 Å². The van der Waals surface area contributed by atoms with Crippen LogP contribution in [-0.2, 0) is 0 Å². The summed E-state index contributed by atoms with van der Waals surface area (Å²) in [6.07, 6.45) is 1.63. The molecule has 0 saturated carbocycles. The summed E-state index contributed by atoms with van der Waals surface area (Å²) in [5.41, 5.74) is 3.72. The van der Waals surface area contributed by atoms with E-state index >= 15 is 0 Å². The molecule has 0 bridgehead atoms. The van der Waals surface area contributed by atoms with E-state index in [4.69, 9.17) is 0 Å². The second-order valence-electron chi connectivity index (χ2n) is 5.50. The number of nitrogens with one attached hydrogen (secondary N) is 1. The topological polar surface area (TPSA) is 65.8 Å². The highest BCUT2D eigenvalue weighted by Crippen LogP contribution is 2.27. The lowest BCUT2D eigenvalue weighted by Gasteiger charge is -2.02. The molecule has 0 atom stereocenters. The van der Waals surface area contributed by atoms with E-state index in [1.54, 1.807) is 30.5 Å². The standard InChI is InChI=1S/C20H14BrN3OS/c1-13(25)14-5-7-18(8-6-14)23-11-16(10-22)20-24-19(12-26-20)15-3-2-4-17(21)9-15/h2-9,11-12,23H,1H3/b16-11+. The lowest BCUT2D eigenvalue weighted by atomic mass is 10.1. The quantitative estimate of drug-likeness (QED) is 0.418. The molecule has 0 spiro atoms. The van der Waals surface area contributed by atoms with Gasteiger partial charge >= 0.3 is 0 Å². The van der Waals surface area contributed by atoms with E-state index in [1.165, 1.54) is 18.3 Å². The van der Waals surface area contributed by atoms with Gasteiger partial charge in [0.15, 0.2) is 5.78 Å². The number of anilines is 1. The van der Waals surface area contributed by atoms with Crippen LogP contribution in [0.25, 0.3) is 16.8 Å². The number of rotatable bonds is 5. The molecule has 0 fully saturated rings. The van der Waals surface area contributed by atoms with Crippen LogP contribution in [0.15, 0.2) is 64.6 Å². The van der Waals surface area contributed by atoms with Crippen LogP contribution in [0.3, 0.4) is 0 Å². The molecule has 4 nitrogen and oxygen atoms in total. The molecule has 1 N–H and O–H groups in total. The number of thiazole rings is 1. The zero-order chi connectivity index (χ0) is 18.5. The molecule has 0 aliphatic rings. The van der Waals surface area contributed by atoms with Gasteiger partial charge < -0.3 is 5.32 Å². The maximum atomic E-state index is 11.3. The second kappa shape index (κ2) is 8.09. The predicted octanol–water partition coefficient (Wildman–Crippen LogP) is 5.75. The second-order valence-corrected chi connectivity index (χ2v) is 7.27. The summed E-state index contributed by atoms with van der Waals surface area (Å²) in [4.78, 5) is 15.9. The smallest absolute Gasteiger partial charge is 0.159 e. The maximum Gasteiger partial charge on any atom is 0.159 e. The Hall–Kier alpha value is -2.75. The van der Waals surface area contributed by atoms with Crippen LogP contribution in [0.5, 0.6) is 0 Å². The molecule has 1 heterocycles. The highest BCUT2D eigenvalue weighted by Gasteiger charge is 2.09. The van der Waals surface area contributed by atoms with Gasteiger partial charge in [-0.05, 0) is 43.3 Å². The van der Waals surface area contributed by atoms with Gasteiger partial charge in [0.25, 0.3) is 0 Å². The molecule has 26 heavy (non-hydrogen) atoms. The fourth-order valence-corrected chi connectivity index (χ4v) is 3.47. The number of carbonyl (C=O) groups is 1. The number of hydrogen-bond donors (Lipinski definition) is 1. The van der Waals surface area contributed by atoms with Crippen molar-refractivity contribution in [2.75, 3.05) is 5.32 Å². The highest BCUT2D eigenvalue weighted by atomic mass is 79.9. The summed E-state index contributed by atoms with van der Waals surface area (Å²) < 4.78 is 0.983. The lowest BCUT2D eigenvalue weighted by Crippen LogP contribution is -1.94. The highest BCUT2D eigenvalue weighted by molar-refractivity contribution is 9.10. The van der Waals surface area contributed by atoms with E-state index in [-0.39, 0.29) is 5.78 Å². The predicted molar refractivity (Wildman–Crippen MR) is 109 cm³/mol. The first kappa shape index (κ1) is 18.1. The molecule has 0 aliphatic heterocycles. The van der Waals surface area contributed by atoms with Crippen molar-refractivity contribution in [2.24, 2.45) is 0 Å². The average molecular weight is 424 g/mol. The molecule has 6 heteroatoms. The van der Waals surface area contributed by atoms with Gasteiger partial charge in [0, 0.05) is 32.9 Å². The third-order valence-corrected chi connectivity index (χ3v) is 5.02. The van der Waals surface area contributed by atoms with Gasteiger partial charge in [-0.15, -0.1) is 11.3 Å². The molecule has 0 amide bonds. The van der Waals surface area contributed by atoms with E-state index in [0.29, 0.717) is 16.1 Å². The average Bonchev–Trinajstić information content (AvgIpc) is 3.13. The number of aromatic nitrogens is 1. The van der Waals surface area contributed by atoms with Crippen molar-refractivity contribution in [3.63, 3.8) is 0 Å². The Morgan fingerprint density at radius 2 is 2.04 bits per heavy atom. The number of nitriles is 1. The fraction of sp³-hybridized carbons (Fsp3) is 0.0500. The Bertz CT molecular complexity index is 1020. The molecule has 0 radical (unpaired) electrons. The zero-order valence-electron chi connectivity index (χ0n) is 13.9. The van der Waals surface area contributed by atoms with Crippen LogP contribution in [0.4, 0.5) is 5.69 Å². The molecule has 0 unspecified atom stereocenters. The van der Waals surface area contributed by atoms with Crippen molar-refractivity contribution in [2.45, 2.75) is 6.92 Å². The van der Waals surface area contributed by atoms with Gasteiger partial charge in [0.05, 0.1) is 5.69 Å². The first-order valence-corrected chi connectivity index (χ1v) is 9.44. The molecule has 0 saturated heterocycles. The van der Waals surface area contributed by atoms with Gasteiger partial charge in [-0.2, -0.15) is 5.26 Å². The summed E-state index contributed by atoms with van der Waals surface area (Å²) in [6, 6.07) is 17.2. The number of ketones is 1. The summed E-state index contributed by atoms with van der Waals surface area (Å²) in [5, 5.41) is 15.1. The number of halogens is 1. The third-order valence-electron chi connectivity index (χ3n) is 3.65. The van der Waals surface area contributed by atoms with E-state index in [2.05, 4.69) is 32.3 Å². The Balaban J connectivity index is 1.79. The van der Waals surface area contributed by atoms with Crippen LogP contribution < -0.4 is 5.32 Å². The summed E-state index contributed by atoms with van der Waals surface area (Å²) in [7, 11) is 0. The number of benzene rings is 2. The van der Waals surface area contributed by atoms with Crippen molar-refractivity contribution in [1.82, 2.24) is 4.98 Å². The maximum absolute atomic E-state index is 11.3. The van der Waals surface area contributed by atoms with Gasteiger partial charge in [-0.25, -0.2) is 4.98 Å². The lowest BCUT2D eigenvalue weighted by molar-refractivity contribution is 0.101. The molecular weight excluding hydrogens is 410 g/mol. The minimum Gasteiger partial charge on any atom is -0.360 e. The number of nitrogens with zero attached hydrogens (tertiary/aromatic N) is 2. The van der Waals surface area contributed by atoms with Gasteiger partial charge in [0.1, 0.15) is 16.6 Å².